The lowest BCUT2D eigenvalue weighted by Crippen LogP contribution is -2.16. The van der Waals surface area contributed by atoms with Crippen LogP contribution in [0.15, 0.2) is 66.7 Å². The summed E-state index contributed by atoms with van der Waals surface area (Å²) in [6.07, 6.45) is 1.82. The summed E-state index contributed by atoms with van der Waals surface area (Å²) in [5.41, 5.74) is 8.45. The SMILES string of the molecule is CCCCOc1ccc(N)cc1C(=O)Nc1cc(-c2ccccc2)ccc1C(=O)O. The Hall–Kier alpha value is -3.80. The molecule has 30 heavy (non-hydrogen) atoms. The van der Waals surface area contributed by atoms with Crippen LogP contribution in [0.3, 0.4) is 0 Å². The monoisotopic (exact) mass is 404 g/mol. The van der Waals surface area contributed by atoms with E-state index in [1.54, 1.807) is 24.3 Å². The zero-order valence-electron chi connectivity index (χ0n) is 16.7. The van der Waals surface area contributed by atoms with E-state index < -0.39 is 11.9 Å². The van der Waals surface area contributed by atoms with Gasteiger partial charge in [0.1, 0.15) is 5.75 Å². The van der Waals surface area contributed by atoms with Crippen molar-refractivity contribution in [2.45, 2.75) is 19.8 Å². The van der Waals surface area contributed by atoms with E-state index in [0.717, 1.165) is 24.0 Å². The maximum Gasteiger partial charge on any atom is 0.337 e. The van der Waals surface area contributed by atoms with E-state index in [4.69, 9.17) is 10.5 Å². The molecule has 3 aromatic carbocycles. The summed E-state index contributed by atoms with van der Waals surface area (Å²) in [6.45, 7) is 2.53. The van der Waals surface area contributed by atoms with E-state index in [1.807, 2.05) is 37.3 Å². The lowest BCUT2D eigenvalue weighted by atomic mass is 10.0. The van der Waals surface area contributed by atoms with Gasteiger partial charge in [-0.2, -0.15) is 0 Å². The maximum atomic E-state index is 13.0. The quantitative estimate of drug-likeness (QED) is 0.360. The first kappa shape index (κ1) is 20.9. The van der Waals surface area contributed by atoms with Crippen molar-refractivity contribution in [2.24, 2.45) is 0 Å². The van der Waals surface area contributed by atoms with E-state index in [0.29, 0.717) is 18.0 Å². The molecule has 4 N–H and O–H groups in total. The molecule has 0 bridgehead atoms. The van der Waals surface area contributed by atoms with Gasteiger partial charge in [0.25, 0.3) is 5.91 Å². The Kier molecular flexibility index (Phi) is 6.70. The number of benzene rings is 3. The van der Waals surface area contributed by atoms with Crippen LogP contribution in [0.1, 0.15) is 40.5 Å². The molecule has 0 saturated heterocycles. The van der Waals surface area contributed by atoms with E-state index in [-0.39, 0.29) is 16.8 Å². The molecule has 0 atom stereocenters. The topological polar surface area (TPSA) is 102 Å². The number of nitrogen functional groups attached to an aromatic ring is 1. The van der Waals surface area contributed by atoms with E-state index in [9.17, 15) is 14.7 Å². The van der Waals surface area contributed by atoms with Crippen molar-refractivity contribution < 1.29 is 19.4 Å². The number of carboxylic acid groups (broad SMARTS) is 1. The molecule has 0 aliphatic carbocycles. The van der Waals surface area contributed by atoms with Gasteiger partial charge in [-0.05, 0) is 47.9 Å². The van der Waals surface area contributed by atoms with Crippen molar-refractivity contribution >= 4 is 23.3 Å². The average Bonchev–Trinajstić information content (AvgIpc) is 2.75. The Balaban J connectivity index is 1.94. The van der Waals surface area contributed by atoms with Crippen molar-refractivity contribution in [3.8, 4) is 16.9 Å². The molecule has 6 heteroatoms. The number of amides is 1. The van der Waals surface area contributed by atoms with Crippen LogP contribution < -0.4 is 15.8 Å². The van der Waals surface area contributed by atoms with E-state index >= 15 is 0 Å². The first-order chi connectivity index (χ1) is 14.5. The number of carbonyl (C=O) groups excluding carboxylic acids is 1. The third kappa shape index (κ3) is 4.97. The Morgan fingerprint density at radius 3 is 2.43 bits per heavy atom. The van der Waals surface area contributed by atoms with Gasteiger partial charge in [0.2, 0.25) is 0 Å². The molecular weight excluding hydrogens is 380 g/mol. The molecule has 0 fully saturated rings. The summed E-state index contributed by atoms with van der Waals surface area (Å²) < 4.78 is 5.73. The number of anilines is 2. The van der Waals surface area contributed by atoms with Gasteiger partial charge in [-0.3, -0.25) is 4.79 Å². The van der Waals surface area contributed by atoms with E-state index in [1.165, 1.54) is 12.1 Å². The van der Waals surface area contributed by atoms with Gasteiger partial charge in [-0.25, -0.2) is 4.79 Å². The molecule has 0 radical (unpaired) electrons. The standard InChI is InChI=1S/C24H24N2O4/c1-2-3-13-30-22-12-10-18(25)15-20(22)23(27)26-21-14-17(9-11-19(21)24(28)29)16-7-5-4-6-8-16/h4-12,14-15H,2-3,13,25H2,1H3,(H,26,27)(H,28,29). The number of carbonyl (C=O) groups is 2. The zero-order chi connectivity index (χ0) is 21.5. The Morgan fingerprint density at radius 1 is 0.967 bits per heavy atom. The molecule has 0 unspecified atom stereocenters. The van der Waals surface area contributed by atoms with Crippen LogP contribution in [0.2, 0.25) is 0 Å². The number of nitrogens with two attached hydrogens (primary N) is 1. The van der Waals surface area contributed by atoms with Crippen molar-refractivity contribution in [3.63, 3.8) is 0 Å². The number of hydrogen-bond donors (Lipinski definition) is 3. The Morgan fingerprint density at radius 2 is 1.73 bits per heavy atom. The lowest BCUT2D eigenvalue weighted by molar-refractivity contribution is 0.0698. The molecule has 0 saturated carbocycles. The second-order valence-corrected chi connectivity index (χ2v) is 6.84. The fourth-order valence-electron chi connectivity index (χ4n) is 3.01. The number of hydrogen-bond acceptors (Lipinski definition) is 4. The highest BCUT2D eigenvalue weighted by Crippen LogP contribution is 2.28. The van der Waals surface area contributed by atoms with Gasteiger partial charge >= 0.3 is 5.97 Å². The Labute approximate surface area is 175 Å². The van der Waals surface area contributed by atoms with Crippen molar-refractivity contribution in [1.82, 2.24) is 0 Å². The van der Waals surface area contributed by atoms with Gasteiger partial charge in [-0.1, -0.05) is 49.7 Å². The fraction of sp³-hybridized carbons (Fsp3) is 0.167. The predicted octanol–water partition coefficient (Wildman–Crippen LogP) is 5.07. The average molecular weight is 404 g/mol. The van der Waals surface area contributed by atoms with E-state index in [2.05, 4.69) is 5.32 Å². The smallest absolute Gasteiger partial charge is 0.337 e. The second-order valence-electron chi connectivity index (χ2n) is 6.84. The molecule has 6 nitrogen and oxygen atoms in total. The lowest BCUT2D eigenvalue weighted by Gasteiger charge is -2.14. The minimum Gasteiger partial charge on any atom is -0.493 e. The summed E-state index contributed by atoms with van der Waals surface area (Å²) in [7, 11) is 0. The van der Waals surface area contributed by atoms with Crippen LogP contribution in [0, 0.1) is 0 Å². The number of rotatable bonds is 8. The number of aromatic carboxylic acids is 1. The molecule has 154 valence electrons. The summed E-state index contributed by atoms with van der Waals surface area (Å²) in [6, 6.07) is 19.2. The van der Waals surface area contributed by atoms with Crippen LogP contribution in [0.4, 0.5) is 11.4 Å². The highest BCUT2D eigenvalue weighted by atomic mass is 16.5. The minimum absolute atomic E-state index is 0.000357. The number of carboxylic acids is 1. The predicted molar refractivity (Wildman–Crippen MR) is 118 cm³/mol. The molecular formula is C24H24N2O4. The molecule has 3 aromatic rings. The van der Waals surface area contributed by atoms with Gasteiger partial charge < -0.3 is 20.9 Å². The third-order valence-electron chi connectivity index (χ3n) is 4.61. The van der Waals surface area contributed by atoms with Crippen LogP contribution >= 0.6 is 0 Å². The molecule has 0 aromatic heterocycles. The van der Waals surface area contributed by atoms with Gasteiger partial charge in [0, 0.05) is 5.69 Å². The Bertz CT molecular complexity index is 1050. The number of unbranched alkanes of at least 4 members (excludes halogenated alkanes) is 1. The highest BCUT2D eigenvalue weighted by molar-refractivity contribution is 6.10. The van der Waals surface area contributed by atoms with Gasteiger partial charge in [-0.15, -0.1) is 0 Å². The van der Waals surface area contributed by atoms with Crippen LogP contribution in [-0.2, 0) is 0 Å². The molecule has 0 heterocycles. The molecule has 0 aliphatic rings. The number of nitrogens with one attached hydrogen (secondary N) is 1. The number of ether oxygens (including phenoxy) is 1. The first-order valence-corrected chi connectivity index (χ1v) is 9.76. The third-order valence-corrected chi connectivity index (χ3v) is 4.61. The summed E-state index contributed by atoms with van der Waals surface area (Å²) in [4.78, 5) is 24.7. The van der Waals surface area contributed by atoms with Gasteiger partial charge in [0.15, 0.2) is 0 Å². The van der Waals surface area contributed by atoms with Crippen LogP contribution in [-0.4, -0.2) is 23.6 Å². The first-order valence-electron chi connectivity index (χ1n) is 9.76. The summed E-state index contributed by atoms with van der Waals surface area (Å²) >= 11 is 0. The molecule has 0 aliphatic heterocycles. The van der Waals surface area contributed by atoms with Crippen molar-refractivity contribution in [3.05, 3.63) is 77.9 Å². The molecule has 0 spiro atoms. The van der Waals surface area contributed by atoms with Crippen molar-refractivity contribution in [1.29, 1.82) is 0 Å². The van der Waals surface area contributed by atoms with Crippen molar-refractivity contribution in [2.75, 3.05) is 17.7 Å². The molecule has 1 amide bonds. The summed E-state index contributed by atoms with van der Waals surface area (Å²) in [5.74, 6) is -1.20. The normalized spacial score (nSPS) is 10.4. The maximum absolute atomic E-state index is 13.0. The summed E-state index contributed by atoms with van der Waals surface area (Å²) in [5, 5.41) is 12.3. The largest absolute Gasteiger partial charge is 0.493 e. The zero-order valence-corrected chi connectivity index (χ0v) is 16.7. The van der Waals surface area contributed by atoms with Crippen LogP contribution in [0.5, 0.6) is 5.75 Å². The van der Waals surface area contributed by atoms with Gasteiger partial charge in [0.05, 0.1) is 23.4 Å². The molecule has 3 rings (SSSR count). The van der Waals surface area contributed by atoms with Crippen LogP contribution in [0.25, 0.3) is 11.1 Å². The minimum atomic E-state index is -1.13. The second kappa shape index (κ2) is 9.60. The highest BCUT2D eigenvalue weighted by Gasteiger charge is 2.18. The fourth-order valence-corrected chi connectivity index (χ4v) is 3.01.